The third-order valence-electron chi connectivity index (χ3n) is 3.15. The maximum absolute atomic E-state index is 11.2. The van der Waals surface area contributed by atoms with Crippen LogP contribution in [0, 0.1) is 10.1 Å². The first-order chi connectivity index (χ1) is 10.2. The first kappa shape index (κ1) is 18.0. The number of nitro benzene ring substituents is 1. The molecule has 7 heteroatoms. The van der Waals surface area contributed by atoms with Crippen LogP contribution in [0.3, 0.4) is 0 Å². The van der Waals surface area contributed by atoms with Crippen molar-refractivity contribution in [3.63, 3.8) is 0 Å². The maximum atomic E-state index is 11.2. The average molecular weight is 325 g/mol. The lowest BCUT2D eigenvalue weighted by atomic mass is 10.2. The Kier molecular flexibility index (Phi) is 7.39. The van der Waals surface area contributed by atoms with Crippen LogP contribution >= 0.6 is 0 Å². The van der Waals surface area contributed by atoms with E-state index < -0.39 is 4.92 Å². The van der Waals surface area contributed by atoms with Gasteiger partial charge in [0.05, 0.1) is 17.9 Å². The van der Waals surface area contributed by atoms with E-state index in [2.05, 4.69) is 11.9 Å². The predicted octanol–water partition coefficient (Wildman–Crippen LogP) is 0.413. The number of hydrogen-bond donors (Lipinski definition) is 0. The number of benzene rings is 1. The smallest absolute Gasteiger partial charge is 0.311 e. The Morgan fingerprint density at radius 3 is 2.82 bits per heavy atom. The van der Waals surface area contributed by atoms with Crippen LogP contribution in [0.25, 0.3) is 0 Å². The minimum atomic E-state index is -0.396. The second kappa shape index (κ2) is 9.04. The molecule has 22 heavy (non-hydrogen) atoms. The van der Waals surface area contributed by atoms with Gasteiger partial charge >= 0.3 is 5.69 Å². The number of nitro groups is 1. The fourth-order valence-corrected chi connectivity index (χ4v) is 2.05. The Hall–Kier alpha value is -2.08. The summed E-state index contributed by atoms with van der Waals surface area (Å²) in [4.78, 5) is 14.7. The number of nitrogens with zero attached hydrogens (tertiary/aromatic N) is 3. The molecule has 0 aliphatic heterocycles. The standard InChI is InChI=1S/C15H19N3O3.ClH/c1-2-3-4-9-21-15-6-5-13(10-14(15)18(19)20)11-17-8-7-16-12-17;/h5-8,10,12H,2-4,9,11H2,1H3;1H/p-1. The molecule has 0 N–H and O–H groups in total. The third kappa shape index (κ3) is 5.04. The molecule has 0 spiro atoms. The van der Waals surface area contributed by atoms with E-state index in [1.54, 1.807) is 24.7 Å². The largest absolute Gasteiger partial charge is 1.00 e. The molecule has 2 aromatic rings. The Morgan fingerprint density at radius 2 is 2.18 bits per heavy atom. The van der Waals surface area contributed by atoms with Gasteiger partial charge in [0.15, 0.2) is 5.75 Å². The molecule has 0 aliphatic carbocycles. The van der Waals surface area contributed by atoms with Gasteiger partial charge in [0, 0.05) is 25.0 Å². The molecule has 2 rings (SSSR count). The quantitative estimate of drug-likeness (QED) is 0.401. The van der Waals surface area contributed by atoms with E-state index in [4.69, 9.17) is 4.74 Å². The summed E-state index contributed by atoms with van der Waals surface area (Å²) < 4.78 is 7.39. The second-order valence-corrected chi connectivity index (χ2v) is 4.85. The minimum Gasteiger partial charge on any atom is -1.00 e. The zero-order valence-electron chi connectivity index (χ0n) is 12.4. The lowest BCUT2D eigenvalue weighted by molar-refractivity contribution is -0.385. The predicted molar refractivity (Wildman–Crippen MR) is 79.4 cm³/mol. The Balaban J connectivity index is 0.00000242. The zero-order chi connectivity index (χ0) is 15.1. The fourth-order valence-electron chi connectivity index (χ4n) is 2.05. The van der Waals surface area contributed by atoms with E-state index in [-0.39, 0.29) is 18.1 Å². The number of ether oxygens (including phenoxy) is 1. The average Bonchev–Trinajstić information content (AvgIpc) is 2.97. The molecule has 0 saturated heterocycles. The highest BCUT2D eigenvalue weighted by atomic mass is 35.5. The molecular weight excluding hydrogens is 306 g/mol. The molecule has 0 atom stereocenters. The number of aromatic nitrogens is 2. The van der Waals surface area contributed by atoms with Crippen molar-refractivity contribution in [1.82, 2.24) is 9.55 Å². The molecule has 0 unspecified atom stereocenters. The summed E-state index contributed by atoms with van der Waals surface area (Å²) >= 11 is 0. The van der Waals surface area contributed by atoms with Crippen molar-refractivity contribution in [2.75, 3.05) is 6.61 Å². The SMILES string of the molecule is CCCCCOc1ccc(Cn2ccnc2)cc1[N+](=O)[O-].[Cl-]. The molecule has 0 aliphatic rings. The van der Waals surface area contributed by atoms with Gasteiger partial charge in [-0.2, -0.15) is 0 Å². The van der Waals surface area contributed by atoms with Gasteiger partial charge in [0.1, 0.15) is 0 Å². The summed E-state index contributed by atoms with van der Waals surface area (Å²) in [7, 11) is 0. The molecular formula is C15H19ClN3O3-. The summed E-state index contributed by atoms with van der Waals surface area (Å²) in [6.07, 6.45) is 8.24. The van der Waals surface area contributed by atoms with Crippen molar-refractivity contribution in [2.45, 2.75) is 32.7 Å². The number of hydrogen-bond acceptors (Lipinski definition) is 4. The van der Waals surface area contributed by atoms with Gasteiger partial charge < -0.3 is 21.7 Å². The number of halogens is 1. The van der Waals surface area contributed by atoms with E-state index in [1.165, 1.54) is 0 Å². The van der Waals surface area contributed by atoms with Crippen LogP contribution in [0.5, 0.6) is 5.75 Å². The highest BCUT2D eigenvalue weighted by Gasteiger charge is 2.16. The molecule has 0 saturated carbocycles. The van der Waals surface area contributed by atoms with Gasteiger partial charge in [-0.05, 0) is 18.1 Å². The van der Waals surface area contributed by atoms with Crippen molar-refractivity contribution in [1.29, 1.82) is 0 Å². The first-order valence-electron chi connectivity index (χ1n) is 7.06. The fraction of sp³-hybridized carbons (Fsp3) is 0.400. The molecule has 1 heterocycles. The first-order valence-corrected chi connectivity index (χ1v) is 7.06. The van der Waals surface area contributed by atoms with Crippen LogP contribution in [0.2, 0.25) is 0 Å². The van der Waals surface area contributed by atoms with Gasteiger partial charge in [-0.15, -0.1) is 0 Å². The summed E-state index contributed by atoms with van der Waals surface area (Å²) in [5, 5.41) is 11.2. The van der Waals surface area contributed by atoms with E-state index in [0.717, 1.165) is 24.8 Å². The molecule has 0 bridgehead atoms. The normalized spacial score (nSPS) is 10.0. The third-order valence-corrected chi connectivity index (χ3v) is 3.15. The molecule has 0 fully saturated rings. The number of unbranched alkanes of at least 4 members (excludes halogenated alkanes) is 2. The molecule has 1 aromatic heterocycles. The Labute approximate surface area is 135 Å². The number of imidazole rings is 1. The van der Waals surface area contributed by atoms with Crippen LogP contribution in [-0.2, 0) is 6.54 Å². The molecule has 1 aromatic carbocycles. The highest BCUT2D eigenvalue weighted by Crippen LogP contribution is 2.28. The maximum Gasteiger partial charge on any atom is 0.311 e. The summed E-state index contributed by atoms with van der Waals surface area (Å²) in [6, 6.07) is 5.09. The van der Waals surface area contributed by atoms with Gasteiger partial charge in [-0.1, -0.05) is 25.8 Å². The van der Waals surface area contributed by atoms with E-state index in [9.17, 15) is 10.1 Å². The van der Waals surface area contributed by atoms with Crippen LogP contribution in [0.1, 0.15) is 31.7 Å². The van der Waals surface area contributed by atoms with Gasteiger partial charge in [0.25, 0.3) is 0 Å². The lowest BCUT2D eigenvalue weighted by Gasteiger charge is -2.08. The van der Waals surface area contributed by atoms with Crippen LogP contribution in [0.4, 0.5) is 5.69 Å². The van der Waals surface area contributed by atoms with Gasteiger partial charge in [0.2, 0.25) is 0 Å². The van der Waals surface area contributed by atoms with Crippen molar-refractivity contribution in [3.05, 3.63) is 52.6 Å². The lowest BCUT2D eigenvalue weighted by Crippen LogP contribution is -3.00. The van der Waals surface area contributed by atoms with Crippen molar-refractivity contribution < 1.29 is 22.1 Å². The number of rotatable bonds is 8. The monoisotopic (exact) mass is 324 g/mol. The summed E-state index contributed by atoms with van der Waals surface area (Å²) in [5.41, 5.74) is 0.865. The minimum absolute atomic E-state index is 0. The zero-order valence-corrected chi connectivity index (χ0v) is 13.2. The summed E-state index contributed by atoms with van der Waals surface area (Å²) in [5.74, 6) is 0.338. The molecule has 0 amide bonds. The van der Waals surface area contributed by atoms with Gasteiger partial charge in [-0.25, -0.2) is 4.98 Å². The van der Waals surface area contributed by atoms with E-state index in [1.807, 2.05) is 16.8 Å². The topological polar surface area (TPSA) is 70.2 Å². The molecule has 120 valence electrons. The van der Waals surface area contributed by atoms with E-state index >= 15 is 0 Å². The van der Waals surface area contributed by atoms with Crippen molar-refractivity contribution >= 4 is 5.69 Å². The summed E-state index contributed by atoms with van der Waals surface area (Å²) in [6.45, 7) is 3.17. The van der Waals surface area contributed by atoms with E-state index in [0.29, 0.717) is 18.9 Å². The Bertz CT molecular complexity index is 588. The highest BCUT2D eigenvalue weighted by molar-refractivity contribution is 5.48. The van der Waals surface area contributed by atoms with Crippen LogP contribution < -0.4 is 17.1 Å². The van der Waals surface area contributed by atoms with Crippen molar-refractivity contribution in [3.8, 4) is 5.75 Å². The van der Waals surface area contributed by atoms with Gasteiger partial charge in [-0.3, -0.25) is 10.1 Å². The van der Waals surface area contributed by atoms with Crippen LogP contribution in [-0.4, -0.2) is 21.1 Å². The second-order valence-electron chi connectivity index (χ2n) is 4.85. The van der Waals surface area contributed by atoms with Crippen LogP contribution in [0.15, 0.2) is 36.9 Å². The Morgan fingerprint density at radius 1 is 1.36 bits per heavy atom. The molecule has 0 radical (unpaired) electrons. The molecule has 6 nitrogen and oxygen atoms in total. The van der Waals surface area contributed by atoms with Crippen molar-refractivity contribution in [2.24, 2.45) is 0 Å².